The fourth-order valence-corrected chi connectivity index (χ4v) is 6.24. The second kappa shape index (κ2) is 12.6. The zero-order valence-electron chi connectivity index (χ0n) is 24.5. The van der Waals surface area contributed by atoms with Crippen molar-refractivity contribution in [2.75, 3.05) is 57.2 Å². The third kappa shape index (κ3) is 6.22. The quantitative estimate of drug-likeness (QED) is 0.286. The first-order valence-electron chi connectivity index (χ1n) is 14.9. The van der Waals surface area contributed by atoms with Crippen molar-refractivity contribution in [2.24, 2.45) is 9.98 Å². The number of aryl methyl sites for hydroxylation is 1. The number of aromatic nitrogens is 2. The van der Waals surface area contributed by atoms with Crippen LogP contribution in [0, 0.1) is 6.92 Å². The van der Waals surface area contributed by atoms with E-state index in [2.05, 4.69) is 81.5 Å². The van der Waals surface area contributed by atoms with Gasteiger partial charge in [0.2, 0.25) is 0 Å². The smallest absolute Gasteiger partial charge is 0.318 e. The minimum atomic E-state index is 0.246. The predicted octanol–water partition coefficient (Wildman–Crippen LogP) is 4.74. The number of hydrogen-bond acceptors (Lipinski definition) is 9. The Bertz CT molecular complexity index is 1430. The van der Waals surface area contributed by atoms with E-state index in [4.69, 9.17) is 19.4 Å². The lowest BCUT2D eigenvalue weighted by molar-refractivity contribution is 0.187. The first kappa shape index (κ1) is 27.6. The Morgan fingerprint density at radius 2 is 1.98 bits per heavy atom. The molecular formula is C32H41N7O2. The van der Waals surface area contributed by atoms with Crippen LogP contribution >= 0.6 is 0 Å². The van der Waals surface area contributed by atoms with E-state index in [-0.39, 0.29) is 6.04 Å². The van der Waals surface area contributed by atoms with Crippen LogP contribution in [0.1, 0.15) is 42.5 Å². The van der Waals surface area contributed by atoms with E-state index in [1.807, 2.05) is 0 Å². The van der Waals surface area contributed by atoms with Gasteiger partial charge in [-0.05, 0) is 69.6 Å². The van der Waals surface area contributed by atoms with Crippen LogP contribution in [0.3, 0.4) is 0 Å². The number of rotatable bonds is 10. The van der Waals surface area contributed by atoms with Gasteiger partial charge in [-0.2, -0.15) is 9.97 Å². The molecule has 1 atom stereocenters. The van der Waals surface area contributed by atoms with Gasteiger partial charge >= 0.3 is 6.01 Å². The van der Waals surface area contributed by atoms with Crippen molar-refractivity contribution in [1.82, 2.24) is 14.9 Å². The molecule has 9 heteroatoms. The van der Waals surface area contributed by atoms with Crippen molar-refractivity contribution in [3.05, 3.63) is 53.2 Å². The van der Waals surface area contributed by atoms with Crippen molar-refractivity contribution in [3.63, 3.8) is 0 Å². The maximum atomic E-state index is 6.26. The zero-order valence-corrected chi connectivity index (χ0v) is 24.5. The van der Waals surface area contributed by atoms with Crippen molar-refractivity contribution in [3.8, 4) is 6.01 Å². The van der Waals surface area contributed by atoms with Crippen LogP contribution in [0.2, 0.25) is 0 Å². The van der Waals surface area contributed by atoms with Crippen LogP contribution in [0.25, 0.3) is 10.8 Å². The fourth-order valence-electron chi connectivity index (χ4n) is 6.24. The Labute approximate surface area is 242 Å². The average molecular weight is 556 g/mol. The number of nitrogens with one attached hydrogen (secondary N) is 1. The fraction of sp³-hybridized carbons (Fsp3) is 0.531. The third-order valence-corrected chi connectivity index (χ3v) is 8.72. The molecule has 2 fully saturated rings. The van der Waals surface area contributed by atoms with Gasteiger partial charge in [-0.1, -0.05) is 30.3 Å². The molecule has 3 heterocycles. The Hall–Kier alpha value is -3.52. The molecule has 41 heavy (non-hydrogen) atoms. The summed E-state index contributed by atoms with van der Waals surface area (Å²) >= 11 is 0. The lowest BCUT2D eigenvalue weighted by Gasteiger charge is -2.35. The summed E-state index contributed by atoms with van der Waals surface area (Å²) in [5.41, 5.74) is 4.82. The Balaban J connectivity index is 1.22. The minimum absolute atomic E-state index is 0.246. The summed E-state index contributed by atoms with van der Waals surface area (Å²) in [4.78, 5) is 23.4. The van der Waals surface area contributed by atoms with Crippen LogP contribution in [0.4, 0.5) is 11.5 Å². The number of likely N-dealkylation sites (N-methyl/N-ethyl adjacent to an activating group) is 1. The van der Waals surface area contributed by atoms with Crippen molar-refractivity contribution in [1.29, 1.82) is 0 Å². The van der Waals surface area contributed by atoms with Gasteiger partial charge in [-0.3, -0.25) is 0 Å². The molecule has 3 aromatic rings. The van der Waals surface area contributed by atoms with Crippen molar-refractivity contribution in [2.45, 2.75) is 63.7 Å². The highest BCUT2D eigenvalue weighted by Gasteiger charge is 2.32. The Morgan fingerprint density at radius 1 is 1.12 bits per heavy atom. The number of hydrogen-bond donors (Lipinski definition) is 1. The largest absolute Gasteiger partial charge is 0.462 e. The topological polar surface area (TPSA) is 87.5 Å². The number of anilines is 2. The molecule has 0 unspecified atom stereocenters. The molecule has 6 rings (SSSR count). The molecule has 0 spiro atoms. The van der Waals surface area contributed by atoms with Gasteiger partial charge in [0.25, 0.3) is 0 Å². The van der Waals surface area contributed by atoms with Gasteiger partial charge in [0.1, 0.15) is 12.4 Å². The first-order chi connectivity index (χ1) is 20.1. The number of likely N-dealkylation sites (tertiary alicyclic amines) is 1. The molecule has 0 bridgehead atoms. The van der Waals surface area contributed by atoms with E-state index < -0.39 is 0 Å². The van der Waals surface area contributed by atoms with Gasteiger partial charge in [-0.15, -0.1) is 0 Å². The summed E-state index contributed by atoms with van der Waals surface area (Å²) in [5.74, 6) is 0.916. The molecule has 1 saturated heterocycles. The predicted molar refractivity (Wildman–Crippen MR) is 164 cm³/mol. The second-order valence-corrected chi connectivity index (χ2v) is 11.6. The monoisotopic (exact) mass is 555 g/mol. The van der Waals surface area contributed by atoms with Crippen LogP contribution in [-0.2, 0) is 17.7 Å². The Morgan fingerprint density at radius 3 is 2.78 bits per heavy atom. The number of ether oxygens (including phenoxy) is 2. The van der Waals surface area contributed by atoms with Gasteiger partial charge in [-0.25, -0.2) is 9.98 Å². The molecule has 0 radical (unpaired) electrons. The summed E-state index contributed by atoms with van der Waals surface area (Å²) in [7, 11) is 3.84. The SMILES string of the molecule is COCCN=C=NC1CC(Nc2nc(OC[C@@H]3CCCN3C)nc3c2CCN(c2cccc4cccc(C)c24)C3)C1. The van der Waals surface area contributed by atoms with Crippen molar-refractivity contribution >= 4 is 28.3 Å². The number of benzene rings is 2. The van der Waals surface area contributed by atoms with Gasteiger partial charge in [0.15, 0.2) is 0 Å². The molecule has 3 aliphatic rings. The maximum absolute atomic E-state index is 6.26. The number of nitrogens with zero attached hydrogens (tertiary/aromatic N) is 6. The minimum Gasteiger partial charge on any atom is -0.462 e. The summed E-state index contributed by atoms with van der Waals surface area (Å²) < 4.78 is 11.3. The summed E-state index contributed by atoms with van der Waals surface area (Å²) in [6.07, 6.45) is 5.13. The molecule has 0 amide bonds. The molecule has 216 valence electrons. The highest BCUT2D eigenvalue weighted by molar-refractivity contribution is 5.97. The van der Waals surface area contributed by atoms with E-state index in [0.29, 0.717) is 37.9 Å². The molecule has 1 saturated carbocycles. The average Bonchev–Trinajstić information content (AvgIpc) is 3.38. The molecule has 2 aliphatic heterocycles. The maximum Gasteiger partial charge on any atom is 0.318 e. The molecule has 1 aromatic heterocycles. The molecule has 2 aromatic carbocycles. The van der Waals surface area contributed by atoms with Crippen LogP contribution in [0.5, 0.6) is 6.01 Å². The molecule has 9 nitrogen and oxygen atoms in total. The highest BCUT2D eigenvalue weighted by atomic mass is 16.5. The lowest BCUT2D eigenvalue weighted by atomic mass is 9.87. The van der Waals surface area contributed by atoms with Crippen LogP contribution in [-0.4, -0.2) is 86.0 Å². The molecule has 1 aliphatic carbocycles. The lowest BCUT2D eigenvalue weighted by Crippen LogP contribution is -2.39. The molecular weight excluding hydrogens is 514 g/mol. The van der Waals surface area contributed by atoms with E-state index in [9.17, 15) is 0 Å². The standard InChI is InChI=1S/C32H41N7O2/c1-22-7-4-8-23-9-5-11-29(30(22)23)39-15-12-27-28(19-39)36-32(41-20-26-10-6-14-38(26)2)37-31(27)35-25-17-24(18-25)34-21-33-13-16-40-3/h4-5,7-9,11,24-26H,6,10,12-20H2,1-3H3,(H,35,36,37)/t24?,25?,26-/m0/s1. The van der Waals surface area contributed by atoms with Crippen molar-refractivity contribution < 1.29 is 9.47 Å². The first-order valence-corrected chi connectivity index (χ1v) is 14.9. The van der Waals surface area contributed by atoms with Gasteiger partial charge in [0.05, 0.1) is 37.4 Å². The van der Waals surface area contributed by atoms with Gasteiger partial charge < -0.3 is 24.6 Å². The third-order valence-electron chi connectivity index (χ3n) is 8.72. The van der Waals surface area contributed by atoms with Gasteiger partial charge in [0, 0.05) is 42.4 Å². The van der Waals surface area contributed by atoms with Crippen LogP contribution in [0.15, 0.2) is 46.4 Å². The van der Waals surface area contributed by atoms with E-state index in [0.717, 1.165) is 56.8 Å². The number of aliphatic imine (C=N–C) groups is 2. The zero-order chi connectivity index (χ0) is 28.2. The van der Waals surface area contributed by atoms with Crippen LogP contribution < -0.4 is 15.0 Å². The summed E-state index contributed by atoms with van der Waals surface area (Å²) in [5, 5.41) is 6.31. The normalized spacial score (nSPS) is 22.1. The summed E-state index contributed by atoms with van der Waals surface area (Å²) in [6.45, 7) is 6.76. The Kier molecular flexibility index (Phi) is 8.46. The highest BCUT2D eigenvalue weighted by Crippen LogP contribution is 2.36. The summed E-state index contributed by atoms with van der Waals surface area (Å²) in [6, 6.07) is 17.4. The second-order valence-electron chi connectivity index (χ2n) is 11.6. The van der Waals surface area contributed by atoms with E-state index >= 15 is 0 Å². The number of methoxy groups -OCH3 is 1. The molecule has 1 N–H and O–H groups in total. The van der Waals surface area contributed by atoms with E-state index in [1.54, 1.807) is 7.11 Å². The van der Waals surface area contributed by atoms with E-state index in [1.165, 1.54) is 34.0 Å². The number of fused-ring (bicyclic) bond motifs is 2.